The molecule has 0 heterocycles. The first-order valence-corrected chi connectivity index (χ1v) is 6.59. The van der Waals surface area contributed by atoms with Crippen LogP contribution in [0.5, 0.6) is 0 Å². The molecule has 1 aromatic rings. The molecule has 1 aromatic carbocycles. The fraction of sp³-hybridized carbons (Fsp3) is 0.118. The summed E-state index contributed by atoms with van der Waals surface area (Å²) >= 11 is 0. The maximum absolute atomic E-state index is 11.9. The van der Waals surface area contributed by atoms with Crippen molar-refractivity contribution in [2.24, 2.45) is 5.41 Å². The van der Waals surface area contributed by atoms with Crippen LogP contribution < -0.4 is 0 Å². The largest absolute Gasteiger partial charge is 0.480 e. The normalized spacial score (nSPS) is 16.3. The highest BCUT2D eigenvalue weighted by Gasteiger charge is 2.44. The summed E-state index contributed by atoms with van der Waals surface area (Å²) in [7, 11) is 0. The second-order valence-electron chi connectivity index (χ2n) is 4.89. The number of allylic oxidation sites excluding steroid dienone is 5. The zero-order chi connectivity index (χ0) is 16.2. The minimum absolute atomic E-state index is 0.159. The average Bonchev–Trinajstić information content (AvgIpc) is 2.53. The average molecular weight is 298 g/mol. The molecule has 2 rings (SSSR count). The lowest BCUT2D eigenvalue weighted by Crippen LogP contribution is -2.38. The number of carboxylic acids is 2. The van der Waals surface area contributed by atoms with Crippen molar-refractivity contribution in [3.8, 4) is 0 Å². The monoisotopic (exact) mass is 298 g/mol. The third-order valence-corrected chi connectivity index (χ3v) is 3.47. The van der Waals surface area contributed by atoms with E-state index < -0.39 is 17.4 Å². The van der Waals surface area contributed by atoms with Crippen molar-refractivity contribution in [3.05, 3.63) is 71.8 Å². The van der Waals surface area contributed by atoms with E-state index in [0.29, 0.717) is 11.1 Å². The molecule has 0 amide bonds. The van der Waals surface area contributed by atoms with E-state index in [1.54, 1.807) is 30.3 Å². The van der Waals surface area contributed by atoms with Crippen molar-refractivity contribution in [2.45, 2.75) is 6.42 Å². The highest BCUT2D eigenvalue weighted by molar-refractivity contribution is 6.05. The number of rotatable bonds is 5. The Bertz CT molecular complexity index is 681. The summed E-state index contributed by atoms with van der Waals surface area (Å²) in [5, 5.41) is 18.2. The lowest BCUT2D eigenvalue weighted by molar-refractivity contribution is -0.160. The summed E-state index contributed by atoms with van der Waals surface area (Å²) in [6, 6.07) is 8.71. The molecule has 0 bridgehead atoms. The molecule has 2 N–H and O–H groups in total. The van der Waals surface area contributed by atoms with Gasteiger partial charge in [-0.1, -0.05) is 54.6 Å². The molecule has 5 heteroatoms. The standard InChI is InChI=1S/C17H14O5/c18-14(13-4-2-1-3-5-13)7-6-12-8-10-17(11-9-12,15(19)20)16(21)22/h1-10H,11H2,(H,19,20)(H,21,22). The van der Waals surface area contributed by atoms with Crippen LogP contribution in [-0.4, -0.2) is 27.9 Å². The highest BCUT2D eigenvalue weighted by atomic mass is 16.4. The molecule has 22 heavy (non-hydrogen) atoms. The Balaban J connectivity index is 2.11. The molecule has 0 spiro atoms. The molecule has 112 valence electrons. The van der Waals surface area contributed by atoms with Crippen molar-refractivity contribution in [2.75, 3.05) is 0 Å². The van der Waals surface area contributed by atoms with Crippen molar-refractivity contribution in [1.82, 2.24) is 0 Å². The number of carbonyl (C=O) groups excluding carboxylic acids is 1. The first-order valence-electron chi connectivity index (χ1n) is 6.59. The topological polar surface area (TPSA) is 91.7 Å². The van der Waals surface area contributed by atoms with Crippen LogP contribution in [0.3, 0.4) is 0 Å². The smallest absolute Gasteiger partial charge is 0.325 e. The number of ketones is 1. The Morgan fingerprint density at radius 1 is 1.05 bits per heavy atom. The zero-order valence-electron chi connectivity index (χ0n) is 11.6. The maximum Gasteiger partial charge on any atom is 0.325 e. The van der Waals surface area contributed by atoms with Gasteiger partial charge < -0.3 is 10.2 Å². The fourth-order valence-electron chi connectivity index (χ4n) is 2.06. The Labute approximate surface area is 126 Å². The molecule has 0 radical (unpaired) electrons. The van der Waals surface area contributed by atoms with E-state index in [-0.39, 0.29) is 12.2 Å². The molecule has 0 fully saturated rings. The van der Waals surface area contributed by atoms with Gasteiger partial charge in [0.2, 0.25) is 0 Å². The lowest BCUT2D eigenvalue weighted by Gasteiger charge is -2.22. The van der Waals surface area contributed by atoms with E-state index in [4.69, 9.17) is 10.2 Å². The Kier molecular flexibility index (Phi) is 4.36. The van der Waals surface area contributed by atoms with Gasteiger partial charge in [0, 0.05) is 5.56 Å². The Hall–Kier alpha value is -2.95. The minimum Gasteiger partial charge on any atom is -0.480 e. The van der Waals surface area contributed by atoms with Gasteiger partial charge in [-0.05, 0) is 18.1 Å². The van der Waals surface area contributed by atoms with E-state index in [9.17, 15) is 14.4 Å². The van der Waals surface area contributed by atoms with Gasteiger partial charge in [0.15, 0.2) is 11.2 Å². The van der Waals surface area contributed by atoms with Gasteiger partial charge in [0.1, 0.15) is 0 Å². The molecule has 0 atom stereocenters. The number of hydrogen-bond donors (Lipinski definition) is 2. The van der Waals surface area contributed by atoms with Crippen molar-refractivity contribution >= 4 is 17.7 Å². The summed E-state index contributed by atoms with van der Waals surface area (Å²) in [6.45, 7) is 0. The number of carbonyl (C=O) groups is 3. The van der Waals surface area contributed by atoms with Crippen LogP contribution in [-0.2, 0) is 9.59 Å². The van der Waals surface area contributed by atoms with E-state index in [2.05, 4.69) is 0 Å². The highest BCUT2D eigenvalue weighted by Crippen LogP contribution is 2.31. The van der Waals surface area contributed by atoms with E-state index in [1.807, 2.05) is 6.07 Å². The zero-order valence-corrected chi connectivity index (χ0v) is 11.6. The minimum atomic E-state index is -1.93. The van der Waals surface area contributed by atoms with Crippen molar-refractivity contribution < 1.29 is 24.6 Å². The van der Waals surface area contributed by atoms with Crippen LogP contribution in [0.4, 0.5) is 0 Å². The van der Waals surface area contributed by atoms with Crippen LogP contribution in [0.1, 0.15) is 16.8 Å². The molecule has 5 nitrogen and oxygen atoms in total. The van der Waals surface area contributed by atoms with E-state index >= 15 is 0 Å². The van der Waals surface area contributed by atoms with Crippen LogP contribution >= 0.6 is 0 Å². The van der Waals surface area contributed by atoms with Crippen molar-refractivity contribution in [3.63, 3.8) is 0 Å². The predicted octanol–water partition coefficient (Wildman–Crippen LogP) is 2.47. The van der Waals surface area contributed by atoms with Gasteiger partial charge in [0.25, 0.3) is 0 Å². The molecular formula is C17H14O5. The van der Waals surface area contributed by atoms with Gasteiger partial charge in [-0.25, -0.2) is 0 Å². The fourth-order valence-corrected chi connectivity index (χ4v) is 2.06. The number of hydrogen-bond acceptors (Lipinski definition) is 3. The molecule has 0 saturated heterocycles. The molecule has 1 aliphatic rings. The first-order chi connectivity index (χ1) is 10.5. The summed E-state index contributed by atoms with van der Waals surface area (Å²) in [5.74, 6) is -2.99. The second kappa shape index (κ2) is 6.22. The lowest BCUT2D eigenvalue weighted by atomic mass is 9.80. The molecule has 0 aliphatic heterocycles. The van der Waals surface area contributed by atoms with E-state index in [1.165, 1.54) is 18.2 Å². The Morgan fingerprint density at radius 2 is 1.68 bits per heavy atom. The Morgan fingerprint density at radius 3 is 2.18 bits per heavy atom. The predicted molar refractivity (Wildman–Crippen MR) is 79.5 cm³/mol. The molecule has 0 saturated carbocycles. The number of aliphatic carboxylic acids is 2. The van der Waals surface area contributed by atoms with Crippen LogP contribution in [0, 0.1) is 5.41 Å². The second-order valence-corrected chi connectivity index (χ2v) is 4.89. The van der Waals surface area contributed by atoms with Gasteiger partial charge in [-0.15, -0.1) is 0 Å². The molecule has 0 unspecified atom stereocenters. The van der Waals surface area contributed by atoms with Gasteiger partial charge in [-0.3, -0.25) is 14.4 Å². The van der Waals surface area contributed by atoms with E-state index in [0.717, 1.165) is 6.08 Å². The van der Waals surface area contributed by atoms with Gasteiger partial charge in [0.05, 0.1) is 0 Å². The van der Waals surface area contributed by atoms with Crippen LogP contribution in [0.2, 0.25) is 0 Å². The molecule has 0 aromatic heterocycles. The van der Waals surface area contributed by atoms with Crippen molar-refractivity contribution in [1.29, 1.82) is 0 Å². The number of benzene rings is 1. The first kappa shape index (κ1) is 15.4. The summed E-state index contributed by atoms with van der Waals surface area (Å²) in [4.78, 5) is 34.2. The summed E-state index contributed by atoms with van der Waals surface area (Å²) in [5.41, 5.74) is -0.784. The summed E-state index contributed by atoms with van der Waals surface area (Å²) in [6.07, 6.45) is 6.80. The SMILES string of the molecule is O=C(C=CC1=CCC(C(=O)O)(C(=O)O)C=C1)c1ccccc1. The van der Waals surface area contributed by atoms with Crippen LogP contribution in [0.15, 0.2) is 66.3 Å². The third kappa shape index (κ3) is 3.03. The molecular weight excluding hydrogens is 284 g/mol. The van der Waals surface area contributed by atoms with Gasteiger partial charge >= 0.3 is 11.9 Å². The quantitative estimate of drug-likeness (QED) is 0.495. The summed E-state index contributed by atoms with van der Waals surface area (Å²) < 4.78 is 0. The van der Waals surface area contributed by atoms with Crippen LogP contribution in [0.25, 0.3) is 0 Å². The third-order valence-electron chi connectivity index (χ3n) is 3.47. The number of carboxylic acid groups (broad SMARTS) is 2. The maximum atomic E-state index is 11.9. The van der Waals surface area contributed by atoms with Gasteiger partial charge in [-0.2, -0.15) is 0 Å². The molecule has 1 aliphatic carbocycles.